The smallest absolute Gasteiger partial charge is 0.155 e. The monoisotopic (exact) mass is 343 g/mol. The summed E-state index contributed by atoms with van der Waals surface area (Å²) < 4.78 is 9.05. The van der Waals surface area contributed by atoms with Gasteiger partial charge in [0.1, 0.15) is 10.7 Å². The third-order valence-electron chi connectivity index (χ3n) is 4.00. The van der Waals surface area contributed by atoms with Crippen LogP contribution in [0.1, 0.15) is 41.6 Å². The molecule has 4 nitrogen and oxygen atoms in total. The fourth-order valence-corrected chi connectivity index (χ4v) is 3.37. The SMILES string of the molecule is Cc1nc2cnc(Br)cn2c1C1O[C@@H](C)c2ccccc21. The van der Waals surface area contributed by atoms with Gasteiger partial charge >= 0.3 is 0 Å². The van der Waals surface area contributed by atoms with Crippen LogP contribution in [0.5, 0.6) is 0 Å². The van der Waals surface area contributed by atoms with E-state index in [-0.39, 0.29) is 12.2 Å². The largest absolute Gasteiger partial charge is 0.360 e. The first-order chi connectivity index (χ1) is 10.1. The van der Waals surface area contributed by atoms with Gasteiger partial charge in [0.05, 0.1) is 23.7 Å². The van der Waals surface area contributed by atoms with Crippen LogP contribution in [0.2, 0.25) is 0 Å². The van der Waals surface area contributed by atoms with E-state index in [4.69, 9.17) is 4.74 Å². The van der Waals surface area contributed by atoms with E-state index in [0.717, 1.165) is 21.6 Å². The van der Waals surface area contributed by atoms with Crippen molar-refractivity contribution in [3.63, 3.8) is 0 Å². The predicted molar refractivity (Wildman–Crippen MR) is 83.2 cm³/mol. The second-order valence-corrected chi connectivity index (χ2v) is 6.12. The lowest BCUT2D eigenvalue weighted by molar-refractivity contribution is 0.0423. The fraction of sp³-hybridized carbons (Fsp3) is 0.250. The highest BCUT2D eigenvalue weighted by Gasteiger charge is 2.33. The summed E-state index contributed by atoms with van der Waals surface area (Å²) >= 11 is 3.43. The van der Waals surface area contributed by atoms with Gasteiger partial charge in [-0.25, -0.2) is 9.97 Å². The van der Waals surface area contributed by atoms with E-state index in [9.17, 15) is 0 Å². The van der Waals surface area contributed by atoms with Gasteiger partial charge in [-0.05, 0) is 40.9 Å². The molecule has 106 valence electrons. The van der Waals surface area contributed by atoms with Crippen LogP contribution in [0, 0.1) is 6.92 Å². The highest BCUT2D eigenvalue weighted by Crippen LogP contribution is 2.43. The van der Waals surface area contributed by atoms with Gasteiger partial charge in [-0.2, -0.15) is 0 Å². The zero-order valence-electron chi connectivity index (χ0n) is 11.7. The Bertz CT molecular complexity index is 843. The molecule has 1 aliphatic heterocycles. The van der Waals surface area contributed by atoms with Crippen molar-refractivity contribution in [3.8, 4) is 0 Å². The fourth-order valence-electron chi connectivity index (χ4n) is 3.07. The lowest BCUT2D eigenvalue weighted by Crippen LogP contribution is -2.05. The molecule has 2 atom stereocenters. The maximum absolute atomic E-state index is 6.21. The Balaban J connectivity index is 1.96. The van der Waals surface area contributed by atoms with Crippen molar-refractivity contribution in [1.82, 2.24) is 14.4 Å². The van der Waals surface area contributed by atoms with E-state index in [0.29, 0.717) is 0 Å². The molecule has 1 aromatic carbocycles. The average molecular weight is 344 g/mol. The highest BCUT2D eigenvalue weighted by atomic mass is 79.9. The molecule has 0 bridgehead atoms. The van der Waals surface area contributed by atoms with Crippen molar-refractivity contribution in [1.29, 1.82) is 0 Å². The van der Waals surface area contributed by atoms with E-state index in [2.05, 4.69) is 61.5 Å². The number of benzene rings is 1. The Morgan fingerprint density at radius 1 is 1.24 bits per heavy atom. The Morgan fingerprint density at radius 2 is 2.00 bits per heavy atom. The summed E-state index contributed by atoms with van der Waals surface area (Å²) in [4.78, 5) is 8.84. The molecule has 1 aliphatic rings. The highest BCUT2D eigenvalue weighted by molar-refractivity contribution is 9.10. The Hall–Kier alpha value is -1.72. The minimum Gasteiger partial charge on any atom is -0.360 e. The van der Waals surface area contributed by atoms with E-state index < -0.39 is 0 Å². The van der Waals surface area contributed by atoms with Gasteiger partial charge in [0, 0.05) is 6.20 Å². The van der Waals surface area contributed by atoms with Gasteiger partial charge in [-0.1, -0.05) is 24.3 Å². The number of ether oxygens (including phenoxy) is 1. The number of halogens is 1. The summed E-state index contributed by atoms with van der Waals surface area (Å²) in [5, 5.41) is 0. The minimum atomic E-state index is -0.0829. The molecule has 0 fully saturated rings. The molecule has 0 N–H and O–H groups in total. The average Bonchev–Trinajstić information content (AvgIpc) is 2.96. The van der Waals surface area contributed by atoms with Crippen LogP contribution in [0.3, 0.4) is 0 Å². The molecule has 0 aliphatic carbocycles. The second-order valence-electron chi connectivity index (χ2n) is 5.31. The first-order valence-corrected chi connectivity index (χ1v) is 7.69. The molecule has 0 spiro atoms. The summed E-state index contributed by atoms with van der Waals surface area (Å²) in [6.45, 7) is 4.11. The van der Waals surface area contributed by atoms with Gasteiger partial charge < -0.3 is 4.74 Å². The molecule has 1 unspecified atom stereocenters. The van der Waals surface area contributed by atoms with Crippen LogP contribution >= 0.6 is 15.9 Å². The third-order valence-corrected chi connectivity index (χ3v) is 4.41. The van der Waals surface area contributed by atoms with Gasteiger partial charge in [0.25, 0.3) is 0 Å². The van der Waals surface area contributed by atoms with Crippen molar-refractivity contribution in [2.75, 3.05) is 0 Å². The number of aryl methyl sites for hydroxylation is 1. The third kappa shape index (κ3) is 1.92. The molecule has 0 radical (unpaired) electrons. The Morgan fingerprint density at radius 3 is 2.81 bits per heavy atom. The Kier molecular flexibility index (Phi) is 2.87. The molecule has 2 aromatic heterocycles. The number of hydrogen-bond acceptors (Lipinski definition) is 3. The van der Waals surface area contributed by atoms with Crippen LogP contribution < -0.4 is 0 Å². The summed E-state index contributed by atoms with van der Waals surface area (Å²) in [7, 11) is 0. The Labute approximate surface area is 130 Å². The summed E-state index contributed by atoms with van der Waals surface area (Å²) in [5.74, 6) is 0. The van der Waals surface area contributed by atoms with Crippen LogP contribution in [-0.2, 0) is 4.74 Å². The van der Waals surface area contributed by atoms with Gasteiger partial charge in [0.15, 0.2) is 5.65 Å². The maximum Gasteiger partial charge on any atom is 0.155 e. The quantitative estimate of drug-likeness (QED) is 0.670. The minimum absolute atomic E-state index is 0.0829. The van der Waals surface area contributed by atoms with Crippen molar-refractivity contribution in [2.24, 2.45) is 0 Å². The molecule has 5 heteroatoms. The van der Waals surface area contributed by atoms with Crippen LogP contribution in [-0.4, -0.2) is 14.4 Å². The lowest BCUT2D eigenvalue weighted by atomic mass is 10.0. The van der Waals surface area contributed by atoms with Crippen LogP contribution in [0.25, 0.3) is 5.65 Å². The number of fused-ring (bicyclic) bond motifs is 2. The first-order valence-electron chi connectivity index (χ1n) is 6.89. The van der Waals surface area contributed by atoms with Crippen molar-refractivity contribution in [3.05, 3.63) is 63.8 Å². The standard InChI is InChI=1S/C16H14BrN3O/c1-9-15(20-8-13(17)18-7-14(20)19-9)16-12-6-4-3-5-11(12)10(2)21-16/h3-8,10,16H,1-2H3/t10-,16?/m0/s1. The predicted octanol–water partition coefficient (Wildman–Crippen LogP) is 3.98. The van der Waals surface area contributed by atoms with Crippen molar-refractivity contribution < 1.29 is 4.74 Å². The van der Waals surface area contributed by atoms with E-state index in [1.165, 1.54) is 11.1 Å². The summed E-state index contributed by atoms with van der Waals surface area (Å²) in [6, 6.07) is 8.39. The topological polar surface area (TPSA) is 39.4 Å². The number of aromatic nitrogens is 3. The van der Waals surface area contributed by atoms with Crippen molar-refractivity contribution >= 4 is 21.6 Å². The molecule has 3 aromatic rings. The molecular formula is C16H14BrN3O. The zero-order valence-corrected chi connectivity index (χ0v) is 13.3. The maximum atomic E-state index is 6.21. The lowest BCUT2D eigenvalue weighted by Gasteiger charge is -2.13. The first kappa shape index (κ1) is 13.0. The molecule has 4 rings (SSSR count). The molecule has 0 amide bonds. The van der Waals surface area contributed by atoms with Gasteiger partial charge in [0.2, 0.25) is 0 Å². The second kappa shape index (κ2) is 4.64. The van der Waals surface area contributed by atoms with Gasteiger partial charge in [-0.15, -0.1) is 0 Å². The van der Waals surface area contributed by atoms with Crippen LogP contribution in [0.4, 0.5) is 0 Å². The van der Waals surface area contributed by atoms with Crippen molar-refractivity contribution in [2.45, 2.75) is 26.1 Å². The van der Waals surface area contributed by atoms with E-state index >= 15 is 0 Å². The summed E-state index contributed by atoms with van der Waals surface area (Å²) in [6.07, 6.45) is 3.73. The molecule has 0 saturated carbocycles. The molecule has 21 heavy (non-hydrogen) atoms. The number of imidazole rings is 1. The van der Waals surface area contributed by atoms with E-state index in [1.807, 2.05) is 13.1 Å². The number of nitrogens with zero attached hydrogens (tertiary/aromatic N) is 3. The molecule has 3 heterocycles. The molecule has 0 saturated heterocycles. The van der Waals surface area contributed by atoms with Crippen LogP contribution in [0.15, 0.2) is 41.3 Å². The summed E-state index contributed by atoms with van der Waals surface area (Å²) in [5.41, 5.74) is 5.37. The number of hydrogen-bond donors (Lipinski definition) is 0. The zero-order chi connectivity index (χ0) is 14.6. The molecular weight excluding hydrogens is 330 g/mol. The van der Waals surface area contributed by atoms with Gasteiger partial charge in [-0.3, -0.25) is 4.40 Å². The van der Waals surface area contributed by atoms with E-state index in [1.54, 1.807) is 6.20 Å². The normalized spacial score (nSPS) is 20.9. The number of rotatable bonds is 1.